The third kappa shape index (κ3) is 2.11. The Kier molecular flexibility index (Phi) is 2.14. The molecule has 1 aromatic rings. The topological polar surface area (TPSA) is 34.2 Å². The van der Waals surface area contributed by atoms with Crippen LogP contribution in [0.25, 0.3) is 0 Å². The van der Waals surface area contributed by atoms with Crippen molar-refractivity contribution in [2.45, 2.75) is 32.2 Å². The lowest BCUT2D eigenvalue weighted by Crippen LogP contribution is -2.22. The van der Waals surface area contributed by atoms with Crippen LogP contribution in [0.3, 0.4) is 0 Å². The zero-order valence-corrected chi connectivity index (χ0v) is 8.04. The maximum absolute atomic E-state index is 5.68. The predicted octanol–water partition coefficient (Wildman–Crippen LogP) is 1.71. The molecule has 72 valence electrons. The predicted molar refractivity (Wildman–Crippen MR) is 49.4 cm³/mol. The van der Waals surface area contributed by atoms with E-state index < -0.39 is 5.79 Å². The molecule has 1 atom stereocenters. The summed E-state index contributed by atoms with van der Waals surface area (Å²) in [5, 5.41) is 0. The Bertz CT molecular complexity index is 266. The van der Waals surface area contributed by atoms with E-state index in [1.165, 1.54) is 5.69 Å². The molecule has 13 heavy (non-hydrogen) atoms. The highest BCUT2D eigenvalue weighted by Crippen LogP contribution is 2.23. The van der Waals surface area contributed by atoms with Crippen LogP contribution in [0.1, 0.15) is 19.5 Å². The molecular weight excluding hydrogens is 166 g/mol. The Morgan fingerprint density at radius 2 is 2.46 bits per heavy atom. The highest BCUT2D eigenvalue weighted by Gasteiger charge is 2.32. The van der Waals surface area contributed by atoms with Gasteiger partial charge >= 0.3 is 0 Å². The second kappa shape index (κ2) is 3.16. The summed E-state index contributed by atoms with van der Waals surface area (Å²) in [7, 11) is 0. The van der Waals surface area contributed by atoms with E-state index in [1.807, 2.05) is 26.1 Å². The van der Waals surface area contributed by atoms with Crippen LogP contribution in [0.5, 0.6) is 0 Å². The van der Waals surface area contributed by atoms with Crippen molar-refractivity contribution in [1.82, 2.24) is 4.98 Å². The van der Waals surface area contributed by atoms with Crippen molar-refractivity contribution in [1.29, 1.82) is 0 Å². The molecule has 0 radical (unpaired) electrons. The van der Waals surface area contributed by atoms with E-state index in [9.17, 15) is 0 Å². The molecule has 0 aliphatic carbocycles. The van der Waals surface area contributed by atoms with Crippen molar-refractivity contribution < 1.29 is 9.47 Å². The standard InChI is InChI=1S/C10H15NO2/c1-10(2)12-7-9(13-10)6-8-4-3-5-11-8/h3-5,9,11H,6-7H2,1-2H3/t9-/m0/s1. The quantitative estimate of drug-likeness (QED) is 0.753. The van der Waals surface area contributed by atoms with E-state index in [0.717, 1.165) is 6.42 Å². The number of hydrogen-bond acceptors (Lipinski definition) is 2. The third-order valence-corrected chi connectivity index (χ3v) is 2.18. The summed E-state index contributed by atoms with van der Waals surface area (Å²) in [6.45, 7) is 4.58. The van der Waals surface area contributed by atoms with E-state index in [4.69, 9.17) is 9.47 Å². The molecule has 1 saturated heterocycles. The van der Waals surface area contributed by atoms with Crippen LogP contribution in [0.4, 0.5) is 0 Å². The largest absolute Gasteiger partial charge is 0.365 e. The van der Waals surface area contributed by atoms with Crippen molar-refractivity contribution in [3.8, 4) is 0 Å². The molecule has 3 nitrogen and oxygen atoms in total. The van der Waals surface area contributed by atoms with Gasteiger partial charge in [0.25, 0.3) is 0 Å². The first-order valence-electron chi connectivity index (χ1n) is 4.60. The Labute approximate surface area is 78.1 Å². The van der Waals surface area contributed by atoms with Crippen LogP contribution in [0.15, 0.2) is 18.3 Å². The highest BCUT2D eigenvalue weighted by atomic mass is 16.7. The van der Waals surface area contributed by atoms with Gasteiger partial charge in [0.15, 0.2) is 5.79 Å². The van der Waals surface area contributed by atoms with E-state index in [2.05, 4.69) is 11.1 Å². The van der Waals surface area contributed by atoms with Gasteiger partial charge in [-0.3, -0.25) is 0 Å². The molecular formula is C10H15NO2. The van der Waals surface area contributed by atoms with Crippen LogP contribution in [-0.2, 0) is 15.9 Å². The lowest BCUT2D eigenvalue weighted by Gasteiger charge is -2.16. The smallest absolute Gasteiger partial charge is 0.163 e. The molecule has 0 amide bonds. The van der Waals surface area contributed by atoms with Gasteiger partial charge in [0.05, 0.1) is 12.7 Å². The number of nitrogens with one attached hydrogen (secondary N) is 1. The van der Waals surface area contributed by atoms with Crippen molar-refractivity contribution in [3.63, 3.8) is 0 Å². The molecule has 0 unspecified atom stereocenters. The van der Waals surface area contributed by atoms with Gasteiger partial charge in [-0.2, -0.15) is 0 Å². The fraction of sp³-hybridized carbons (Fsp3) is 0.600. The Morgan fingerprint density at radius 3 is 3.00 bits per heavy atom. The lowest BCUT2D eigenvalue weighted by atomic mass is 10.2. The van der Waals surface area contributed by atoms with Gasteiger partial charge in [0.1, 0.15) is 0 Å². The molecule has 0 saturated carbocycles. The van der Waals surface area contributed by atoms with Gasteiger partial charge in [-0.05, 0) is 26.0 Å². The second-order valence-electron chi connectivity index (χ2n) is 3.85. The average Bonchev–Trinajstić information content (AvgIpc) is 2.61. The Hall–Kier alpha value is -0.800. The summed E-state index contributed by atoms with van der Waals surface area (Å²) in [6.07, 6.45) is 3.01. The molecule has 2 heterocycles. The first-order chi connectivity index (χ1) is 6.16. The van der Waals surface area contributed by atoms with Gasteiger partial charge in [-0.25, -0.2) is 0 Å². The number of rotatable bonds is 2. The minimum Gasteiger partial charge on any atom is -0.365 e. The first-order valence-corrected chi connectivity index (χ1v) is 4.60. The van der Waals surface area contributed by atoms with Gasteiger partial charge in [-0.1, -0.05) is 0 Å². The molecule has 0 bridgehead atoms. The van der Waals surface area contributed by atoms with Gasteiger partial charge in [0, 0.05) is 18.3 Å². The summed E-state index contributed by atoms with van der Waals surface area (Å²) in [6, 6.07) is 4.06. The maximum Gasteiger partial charge on any atom is 0.163 e. The van der Waals surface area contributed by atoms with Crippen molar-refractivity contribution in [2.24, 2.45) is 0 Å². The first kappa shape index (κ1) is 8.78. The number of ether oxygens (including phenoxy) is 2. The minimum absolute atomic E-state index is 0.189. The van der Waals surface area contributed by atoms with Crippen LogP contribution in [-0.4, -0.2) is 23.5 Å². The third-order valence-electron chi connectivity index (χ3n) is 2.18. The Morgan fingerprint density at radius 1 is 1.62 bits per heavy atom. The molecule has 1 aromatic heterocycles. The van der Waals surface area contributed by atoms with Crippen molar-refractivity contribution in [2.75, 3.05) is 6.61 Å². The van der Waals surface area contributed by atoms with E-state index >= 15 is 0 Å². The SMILES string of the molecule is CC1(C)OC[C@H](Cc2ccc[nH]2)O1. The van der Waals surface area contributed by atoms with E-state index in [-0.39, 0.29) is 6.10 Å². The van der Waals surface area contributed by atoms with Crippen molar-refractivity contribution >= 4 is 0 Å². The minimum atomic E-state index is -0.405. The van der Waals surface area contributed by atoms with Crippen LogP contribution in [0, 0.1) is 0 Å². The normalized spacial score (nSPS) is 26.5. The fourth-order valence-electron chi connectivity index (χ4n) is 1.60. The molecule has 1 fully saturated rings. The average molecular weight is 181 g/mol. The van der Waals surface area contributed by atoms with Gasteiger partial charge in [-0.15, -0.1) is 0 Å². The van der Waals surface area contributed by atoms with Crippen LogP contribution >= 0.6 is 0 Å². The van der Waals surface area contributed by atoms with Crippen LogP contribution in [0.2, 0.25) is 0 Å². The fourth-order valence-corrected chi connectivity index (χ4v) is 1.60. The lowest BCUT2D eigenvalue weighted by molar-refractivity contribution is -0.138. The number of H-pyrrole nitrogens is 1. The summed E-state index contributed by atoms with van der Waals surface area (Å²) < 4.78 is 11.1. The summed E-state index contributed by atoms with van der Waals surface area (Å²) in [5.41, 5.74) is 1.20. The zero-order valence-electron chi connectivity index (χ0n) is 8.04. The van der Waals surface area contributed by atoms with Gasteiger partial charge in [0.2, 0.25) is 0 Å². The van der Waals surface area contributed by atoms with E-state index in [1.54, 1.807) is 0 Å². The van der Waals surface area contributed by atoms with Crippen molar-refractivity contribution in [3.05, 3.63) is 24.0 Å². The molecule has 2 rings (SSSR count). The Balaban J connectivity index is 1.91. The maximum atomic E-state index is 5.68. The number of aromatic nitrogens is 1. The molecule has 1 aliphatic heterocycles. The molecule has 3 heteroatoms. The molecule has 0 spiro atoms. The highest BCUT2D eigenvalue weighted by molar-refractivity contribution is 5.05. The van der Waals surface area contributed by atoms with E-state index in [0.29, 0.717) is 6.61 Å². The molecule has 0 aromatic carbocycles. The number of hydrogen-bond donors (Lipinski definition) is 1. The molecule has 1 N–H and O–H groups in total. The van der Waals surface area contributed by atoms with Gasteiger partial charge < -0.3 is 14.5 Å². The summed E-state index contributed by atoms with van der Waals surface area (Å²) in [4.78, 5) is 3.16. The second-order valence-corrected chi connectivity index (χ2v) is 3.85. The summed E-state index contributed by atoms with van der Waals surface area (Å²) >= 11 is 0. The zero-order chi connectivity index (χ0) is 9.31. The monoisotopic (exact) mass is 181 g/mol. The van der Waals surface area contributed by atoms with Crippen LogP contribution < -0.4 is 0 Å². The molecule has 1 aliphatic rings. The number of aromatic amines is 1. The summed E-state index contributed by atoms with van der Waals surface area (Å²) in [5.74, 6) is -0.405.